The van der Waals surface area contributed by atoms with E-state index < -0.39 is 21.7 Å². The lowest BCUT2D eigenvalue weighted by Crippen LogP contribution is -2.50. The van der Waals surface area contributed by atoms with E-state index in [1.165, 1.54) is 4.31 Å². The highest BCUT2D eigenvalue weighted by Gasteiger charge is 2.50. The number of benzene rings is 2. The molecule has 8 nitrogen and oxygen atoms in total. The van der Waals surface area contributed by atoms with Gasteiger partial charge in [-0.25, -0.2) is 8.42 Å². The van der Waals surface area contributed by atoms with E-state index in [1.807, 2.05) is 24.3 Å². The molecule has 0 unspecified atom stereocenters. The zero-order valence-corrected chi connectivity index (χ0v) is 19.3. The lowest BCUT2D eigenvalue weighted by molar-refractivity contribution is -0.142. The minimum atomic E-state index is -3.81. The highest BCUT2D eigenvalue weighted by atomic mass is 32.2. The molecule has 1 saturated heterocycles. The van der Waals surface area contributed by atoms with Gasteiger partial charge in [0, 0.05) is 25.4 Å². The largest absolute Gasteiger partial charge is 0.497 e. The molecule has 1 saturated carbocycles. The Bertz CT molecular complexity index is 1150. The summed E-state index contributed by atoms with van der Waals surface area (Å²) >= 11 is 0. The van der Waals surface area contributed by atoms with Crippen molar-refractivity contribution in [2.24, 2.45) is 5.92 Å². The fourth-order valence-electron chi connectivity index (χ4n) is 4.93. The Morgan fingerprint density at radius 1 is 1.15 bits per heavy atom. The summed E-state index contributed by atoms with van der Waals surface area (Å²) in [6, 6.07) is 14.0. The summed E-state index contributed by atoms with van der Waals surface area (Å²) in [6.07, 6.45) is 1.12. The highest BCUT2D eigenvalue weighted by Crippen LogP contribution is 2.40. The fraction of sp³-hybridized carbons (Fsp3) is 0.458. The Kier molecular flexibility index (Phi) is 5.58. The molecule has 0 bridgehead atoms. The molecular weight excluding hydrogens is 444 g/mol. The maximum Gasteiger partial charge on any atom is 0.247 e. The van der Waals surface area contributed by atoms with Gasteiger partial charge in [0.2, 0.25) is 15.9 Å². The molecule has 5 rings (SSSR count). The predicted molar refractivity (Wildman–Crippen MR) is 120 cm³/mol. The molecule has 1 amide bonds. The Morgan fingerprint density at radius 3 is 2.58 bits per heavy atom. The van der Waals surface area contributed by atoms with Crippen LogP contribution in [0, 0.1) is 5.92 Å². The summed E-state index contributed by atoms with van der Waals surface area (Å²) in [7, 11) is -2.22. The Labute approximate surface area is 193 Å². The third-order valence-electron chi connectivity index (χ3n) is 6.87. The van der Waals surface area contributed by atoms with Gasteiger partial charge in [0.25, 0.3) is 0 Å². The molecular formula is C24H28N2O6S. The lowest BCUT2D eigenvalue weighted by Gasteiger charge is -2.35. The third-order valence-corrected chi connectivity index (χ3v) is 8.70. The average molecular weight is 473 g/mol. The lowest BCUT2D eigenvalue weighted by atomic mass is 9.81. The first kappa shape index (κ1) is 22.2. The summed E-state index contributed by atoms with van der Waals surface area (Å²) in [5.41, 5.74) is 0.00718. The van der Waals surface area contributed by atoms with Crippen LogP contribution in [0.5, 0.6) is 11.5 Å². The van der Waals surface area contributed by atoms with E-state index in [2.05, 4.69) is 0 Å². The second-order valence-electron chi connectivity index (χ2n) is 9.18. The summed E-state index contributed by atoms with van der Waals surface area (Å²) < 4.78 is 40.3. The molecule has 3 aliphatic rings. The number of aliphatic hydroxyl groups is 1. The van der Waals surface area contributed by atoms with Crippen LogP contribution in [0.1, 0.15) is 24.8 Å². The van der Waals surface area contributed by atoms with Crippen LogP contribution in [-0.2, 0) is 21.4 Å². The Hall–Kier alpha value is -2.62. The molecule has 9 heteroatoms. The van der Waals surface area contributed by atoms with Crippen LogP contribution in [-0.4, -0.2) is 67.1 Å². The van der Waals surface area contributed by atoms with Crippen molar-refractivity contribution in [1.82, 2.24) is 9.21 Å². The van der Waals surface area contributed by atoms with Gasteiger partial charge in [-0.1, -0.05) is 24.3 Å². The van der Waals surface area contributed by atoms with Crippen molar-refractivity contribution in [3.8, 4) is 11.5 Å². The van der Waals surface area contributed by atoms with Gasteiger partial charge < -0.3 is 19.5 Å². The van der Waals surface area contributed by atoms with Crippen molar-refractivity contribution in [2.75, 3.05) is 26.7 Å². The number of aliphatic hydroxyl groups excluding tert-OH is 1. The van der Waals surface area contributed by atoms with Crippen molar-refractivity contribution in [2.45, 2.75) is 42.4 Å². The van der Waals surface area contributed by atoms with Gasteiger partial charge in [-0.05, 0) is 42.7 Å². The number of carbonyl (C=O) groups is 1. The minimum absolute atomic E-state index is 0.0165. The molecule has 0 aromatic heterocycles. The summed E-state index contributed by atoms with van der Waals surface area (Å²) in [6.45, 7) is 1.16. The average Bonchev–Trinajstić information content (AvgIpc) is 3.17. The van der Waals surface area contributed by atoms with Crippen molar-refractivity contribution >= 4 is 15.9 Å². The molecule has 1 spiro atoms. The number of methoxy groups -OCH3 is 1. The molecule has 1 atom stereocenters. The van der Waals surface area contributed by atoms with E-state index >= 15 is 0 Å². The first-order valence-electron chi connectivity index (χ1n) is 11.2. The van der Waals surface area contributed by atoms with E-state index in [4.69, 9.17) is 9.47 Å². The molecule has 2 fully saturated rings. The van der Waals surface area contributed by atoms with Crippen molar-refractivity contribution < 1.29 is 27.8 Å². The molecule has 2 heterocycles. The maximum absolute atomic E-state index is 13.6. The number of rotatable bonds is 4. The molecule has 1 N–H and O–H groups in total. The molecule has 33 heavy (non-hydrogen) atoms. The standard InChI is InChI=1S/C24H28N2O6S/c1-31-20-8-6-17(7-9-20)14-26-16-24(32-21-4-2-3-5-22(21)33(26,29)30)10-11-25(15-24)23(28)18-12-19(27)13-18/h2-9,18-19,27H,10-16H2,1H3/t18?,19?,24-/m0/s1. The molecule has 1 aliphatic carbocycles. The van der Waals surface area contributed by atoms with Crippen LogP contribution in [0.4, 0.5) is 0 Å². The first-order chi connectivity index (χ1) is 15.8. The predicted octanol–water partition coefficient (Wildman–Crippen LogP) is 2.02. The molecule has 0 radical (unpaired) electrons. The van der Waals surface area contributed by atoms with E-state index in [0.29, 0.717) is 43.9 Å². The smallest absolute Gasteiger partial charge is 0.247 e. The number of amides is 1. The zero-order chi connectivity index (χ0) is 23.2. The zero-order valence-electron chi connectivity index (χ0n) is 18.5. The van der Waals surface area contributed by atoms with Gasteiger partial charge in [0.1, 0.15) is 22.0 Å². The van der Waals surface area contributed by atoms with E-state index in [-0.39, 0.29) is 29.8 Å². The van der Waals surface area contributed by atoms with Crippen LogP contribution in [0.2, 0.25) is 0 Å². The van der Waals surface area contributed by atoms with Crippen molar-refractivity contribution in [1.29, 1.82) is 0 Å². The van der Waals surface area contributed by atoms with Crippen LogP contribution in [0.25, 0.3) is 0 Å². The quantitative estimate of drug-likeness (QED) is 0.732. The highest BCUT2D eigenvalue weighted by molar-refractivity contribution is 7.89. The number of hydrogen-bond donors (Lipinski definition) is 1. The summed E-state index contributed by atoms with van der Waals surface area (Å²) in [5.74, 6) is 0.881. The summed E-state index contributed by atoms with van der Waals surface area (Å²) in [5, 5.41) is 9.59. The van der Waals surface area contributed by atoms with Crippen molar-refractivity contribution in [3.63, 3.8) is 0 Å². The third kappa shape index (κ3) is 4.09. The normalized spacial score (nSPS) is 28.5. The van der Waals surface area contributed by atoms with Gasteiger partial charge in [-0.15, -0.1) is 0 Å². The van der Waals surface area contributed by atoms with Crippen LogP contribution in [0.15, 0.2) is 53.4 Å². The van der Waals surface area contributed by atoms with E-state index in [0.717, 1.165) is 5.56 Å². The fourth-order valence-corrected chi connectivity index (χ4v) is 6.54. The number of nitrogens with zero attached hydrogens (tertiary/aromatic N) is 2. The molecule has 2 aromatic carbocycles. The summed E-state index contributed by atoms with van der Waals surface area (Å²) in [4.78, 5) is 14.8. The Balaban J connectivity index is 1.45. The number of sulfonamides is 1. The second-order valence-corrected chi connectivity index (χ2v) is 11.1. The van der Waals surface area contributed by atoms with Gasteiger partial charge in [0.05, 0.1) is 26.3 Å². The number of likely N-dealkylation sites (tertiary alicyclic amines) is 1. The van der Waals surface area contributed by atoms with Gasteiger partial charge in [0.15, 0.2) is 0 Å². The van der Waals surface area contributed by atoms with Gasteiger partial charge in [-0.3, -0.25) is 4.79 Å². The van der Waals surface area contributed by atoms with E-state index in [9.17, 15) is 18.3 Å². The number of ether oxygens (including phenoxy) is 2. The number of carbonyl (C=O) groups excluding carboxylic acids is 1. The van der Waals surface area contributed by atoms with Gasteiger partial charge in [-0.2, -0.15) is 4.31 Å². The maximum atomic E-state index is 13.6. The Morgan fingerprint density at radius 2 is 1.88 bits per heavy atom. The SMILES string of the molecule is COc1ccc(CN2C[C@@]3(CCN(C(=O)C4CC(O)C4)C3)Oc3ccccc3S2(=O)=O)cc1. The van der Waals surface area contributed by atoms with Crippen LogP contribution < -0.4 is 9.47 Å². The molecule has 176 valence electrons. The van der Waals surface area contributed by atoms with Crippen LogP contribution in [0.3, 0.4) is 0 Å². The first-order valence-corrected chi connectivity index (χ1v) is 12.6. The van der Waals surface area contributed by atoms with Gasteiger partial charge >= 0.3 is 0 Å². The van der Waals surface area contributed by atoms with Crippen LogP contribution >= 0.6 is 0 Å². The number of hydrogen-bond acceptors (Lipinski definition) is 6. The van der Waals surface area contributed by atoms with Crippen molar-refractivity contribution in [3.05, 3.63) is 54.1 Å². The monoisotopic (exact) mass is 472 g/mol. The topological polar surface area (TPSA) is 96.4 Å². The number of para-hydroxylation sites is 1. The molecule has 2 aliphatic heterocycles. The van der Waals surface area contributed by atoms with E-state index in [1.54, 1.807) is 36.3 Å². The molecule has 2 aromatic rings. The second kappa shape index (κ2) is 8.30. The number of fused-ring (bicyclic) bond motifs is 1. The minimum Gasteiger partial charge on any atom is -0.497 e.